The highest BCUT2D eigenvalue weighted by Gasteiger charge is 2.32. The fourth-order valence-corrected chi connectivity index (χ4v) is 2.59. The summed E-state index contributed by atoms with van der Waals surface area (Å²) >= 11 is 0. The van der Waals surface area contributed by atoms with E-state index in [9.17, 15) is 22.0 Å². The Morgan fingerprint density at radius 3 is 2.15 bits per heavy atom. The van der Waals surface area contributed by atoms with Gasteiger partial charge in [-0.1, -0.05) is 40.2 Å². The van der Waals surface area contributed by atoms with E-state index < -0.39 is 17.7 Å². The number of nitrogens with zero attached hydrogens (tertiary/aromatic N) is 1. The number of halogens is 5. The molecule has 0 aromatic carbocycles. The van der Waals surface area contributed by atoms with Crippen LogP contribution in [0.4, 0.5) is 22.0 Å². The van der Waals surface area contributed by atoms with Gasteiger partial charge in [0.2, 0.25) is 5.92 Å². The molecule has 0 aliphatic rings. The van der Waals surface area contributed by atoms with Crippen molar-refractivity contribution in [3.8, 4) is 0 Å². The number of rotatable bonds is 11. The minimum Gasteiger partial charge on any atom is -0.370 e. The Balaban J connectivity index is 4.91. The van der Waals surface area contributed by atoms with E-state index in [1.807, 2.05) is 6.92 Å². The predicted octanol–water partition coefficient (Wildman–Crippen LogP) is 6.50. The number of nitrogens with one attached hydrogen (secondary N) is 1. The SMILES string of the molecule is C\C=C(/N=C\C(=C/CC)C(F)(F)F)NCC(CC)C(C)CC(F)(F)CC. The van der Waals surface area contributed by atoms with Crippen molar-refractivity contribution in [1.82, 2.24) is 5.32 Å². The van der Waals surface area contributed by atoms with Crippen molar-refractivity contribution in [3.05, 3.63) is 23.5 Å². The van der Waals surface area contributed by atoms with E-state index in [1.54, 1.807) is 26.8 Å². The molecular weight excluding hydrogens is 351 g/mol. The summed E-state index contributed by atoms with van der Waals surface area (Å²) in [6.07, 6.45) is -0.481. The average molecular weight is 382 g/mol. The van der Waals surface area contributed by atoms with Crippen molar-refractivity contribution < 1.29 is 22.0 Å². The van der Waals surface area contributed by atoms with Crippen molar-refractivity contribution in [3.63, 3.8) is 0 Å². The van der Waals surface area contributed by atoms with Gasteiger partial charge in [-0.05, 0) is 31.3 Å². The maximum absolute atomic E-state index is 13.6. The molecule has 26 heavy (non-hydrogen) atoms. The molecule has 0 fully saturated rings. The van der Waals surface area contributed by atoms with Crippen molar-refractivity contribution in [2.75, 3.05) is 6.54 Å². The van der Waals surface area contributed by atoms with E-state index in [1.165, 1.54) is 6.92 Å². The van der Waals surface area contributed by atoms with Gasteiger partial charge < -0.3 is 5.32 Å². The van der Waals surface area contributed by atoms with Crippen molar-refractivity contribution in [2.24, 2.45) is 16.8 Å². The normalized spacial score (nSPS) is 16.8. The quantitative estimate of drug-likeness (QED) is 0.320. The van der Waals surface area contributed by atoms with Gasteiger partial charge in [0.05, 0.1) is 5.57 Å². The van der Waals surface area contributed by atoms with Crippen LogP contribution >= 0.6 is 0 Å². The van der Waals surface area contributed by atoms with Crippen LogP contribution in [0.3, 0.4) is 0 Å². The second-order valence-corrected chi connectivity index (χ2v) is 6.44. The lowest BCUT2D eigenvalue weighted by Gasteiger charge is -2.27. The first-order valence-electron chi connectivity index (χ1n) is 9.10. The Labute approximate surface area is 153 Å². The van der Waals surface area contributed by atoms with Crippen LogP contribution in [0.5, 0.6) is 0 Å². The van der Waals surface area contributed by atoms with Crippen molar-refractivity contribution in [1.29, 1.82) is 0 Å². The fraction of sp³-hybridized carbons (Fsp3) is 0.737. The zero-order valence-electron chi connectivity index (χ0n) is 16.3. The molecule has 2 unspecified atom stereocenters. The molecule has 0 spiro atoms. The fourth-order valence-electron chi connectivity index (χ4n) is 2.59. The lowest BCUT2D eigenvalue weighted by atomic mass is 9.86. The molecule has 0 aliphatic heterocycles. The Morgan fingerprint density at radius 1 is 1.12 bits per heavy atom. The molecule has 2 atom stereocenters. The molecule has 0 saturated carbocycles. The first-order valence-corrected chi connectivity index (χ1v) is 9.10. The van der Waals surface area contributed by atoms with Gasteiger partial charge in [-0.15, -0.1) is 0 Å². The van der Waals surface area contributed by atoms with Crippen LogP contribution in [0.25, 0.3) is 0 Å². The van der Waals surface area contributed by atoms with E-state index >= 15 is 0 Å². The molecule has 0 aromatic heterocycles. The van der Waals surface area contributed by atoms with E-state index in [4.69, 9.17) is 0 Å². The molecular formula is C19H31F5N2. The van der Waals surface area contributed by atoms with Gasteiger partial charge in [0.15, 0.2) is 0 Å². The third kappa shape index (κ3) is 9.34. The molecule has 7 heteroatoms. The summed E-state index contributed by atoms with van der Waals surface area (Å²) in [4.78, 5) is 3.87. The summed E-state index contributed by atoms with van der Waals surface area (Å²) in [6.45, 7) is 8.81. The standard InChI is InChI=1S/C19H31F5N2/c1-6-10-16(19(22,23)24)13-26-17(8-3)25-12-15(7-2)14(5)11-18(20,21)9-4/h8,10,13-15,25H,6-7,9,11-12H2,1-5H3/b16-10+,17-8-,26-13-. The second-order valence-electron chi connectivity index (χ2n) is 6.44. The van der Waals surface area contributed by atoms with Crippen LogP contribution < -0.4 is 5.32 Å². The Hall–Kier alpha value is -1.40. The van der Waals surface area contributed by atoms with Gasteiger partial charge in [0, 0.05) is 25.6 Å². The van der Waals surface area contributed by atoms with E-state index in [0.29, 0.717) is 18.8 Å². The summed E-state index contributed by atoms with van der Waals surface area (Å²) < 4.78 is 65.8. The Kier molecular flexibility index (Phi) is 10.7. The van der Waals surface area contributed by atoms with Gasteiger partial charge in [0.1, 0.15) is 5.82 Å². The number of hydrogen-bond acceptors (Lipinski definition) is 2. The zero-order valence-corrected chi connectivity index (χ0v) is 16.3. The Bertz CT molecular complexity index is 493. The number of allylic oxidation sites excluding steroid dienone is 3. The molecule has 0 aliphatic carbocycles. The first kappa shape index (κ1) is 24.6. The number of alkyl halides is 5. The lowest BCUT2D eigenvalue weighted by molar-refractivity contribution is -0.0858. The third-order valence-electron chi connectivity index (χ3n) is 4.38. The van der Waals surface area contributed by atoms with Crippen LogP contribution in [-0.2, 0) is 0 Å². The smallest absolute Gasteiger partial charge is 0.370 e. The highest BCUT2D eigenvalue weighted by Crippen LogP contribution is 2.31. The summed E-state index contributed by atoms with van der Waals surface area (Å²) in [5.74, 6) is -2.63. The number of hydrogen-bond donors (Lipinski definition) is 1. The highest BCUT2D eigenvalue weighted by atomic mass is 19.4. The molecule has 0 amide bonds. The van der Waals surface area contributed by atoms with Gasteiger partial charge in [-0.25, -0.2) is 13.8 Å². The maximum Gasteiger partial charge on any atom is 0.417 e. The molecule has 1 N–H and O–H groups in total. The monoisotopic (exact) mass is 382 g/mol. The Morgan fingerprint density at radius 2 is 1.73 bits per heavy atom. The second kappa shape index (κ2) is 11.3. The molecule has 0 rings (SSSR count). The minimum absolute atomic E-state index is 0.0224. The minimum atomic E-state index is -4.45. The van der Waals surface area contributed by atoms with Crippen LogP contribution in [0.2, 0.25) is 0 Å². The van der Waals surface area contributed by atoms with Crippen molar-refractivity contribution >= 4 is 6.21 Å². The molecule has 152 valence electrons. The molecule has 0 heterocycles. The zero-order chi connectivity index (χ0) is 20.4. The molecule has 0 radical (unpaired) electrons. The van der Waals surface area contributed by atoms with Crippen LogP contribution in [0.15, 0.2) is 28.5 Å². The number of aliphatic imine (C=N–C) groups is 1. The van der Waals surface area contributed by atoms with Crippen molar-refractivity contribution in [2.45, 2.75) is 72.4 Å². The summed E-state index contributed by atoms with van der Waals surface area (Å²) in [7, 11) is 0. The summed E-state index contributed by atoms with van der Waals surface area (Å²) in [5.41, 5.74) is -0.802. The van der Waals surface area contributed by atoms with Gasteiger partial charge >= 0.3 is 6.18 Å². The highest BCUT2D eigenvalue weighted by molar-refractivity contribution is 5.80. The molecule has 0 saturated heterocycles. The largest absolute Gasteiger partial charge is 0.417 e. The maximum atomic E-state index is 13.6. The predicted molar refractivity (Wildman–Crippen MR) is 97.5 cm³/mol. The topological polar surface area (TPSA) is 24.4 Å². The molecule has 2 nitrogen and oxygen atoms in total. The molecule has 0 aromatic rings. The lowest BCUT2D eigenvalue weighted by Crippen LogP contribution is -2.30. The van der Waals surface area contributed by atoms with Gasteiger partial charge in [-0.3, -0.25) is 0 Å². The summed E-state index contributed by atoms with van der Waals surface area (Å²) in [5, 5.41) is 2.98. The average Bonchev–Trinajstić information content (AvgIpc) is 2.55. The summed E-state index contributed by atoms with van der Waals surface area (Å²) in [6, 6.07) is 0. The van der Waals surface area contributed by atoms with E-state index in [0.717, 1.165) is 12.3 Å². The van der Waals surface area contributed by atoms with E-state index in [-0.39, 0.29) is 31.1 Å². The van der Waals surface area contributed by atoms with Crippen LogP contribution in [-0.4, -0.2) is 24.9 Å². The van der Waals surface area contributed by atoms with Gasteiger partial charge in [-0.2, -0.15) is 13.2 Å². The van der Waals surface area contributed by atoms with Gasteiger partial charge in [0.25, 0.3) is 0 Å². The first-order chi connectivity index (χ1) is 12.0. The third-order valence-corrected chi connectivity index (χ3v) is 4.38. The van der Waals surface area contributed by atoms with Crippen LogP contribution in [0, 0.1) is 11.8 Å². The van der Waals surface area contributed by atoms with Crippen LogP contribution in [0.1, 0.15) is 60.3 Å². The van der Waals surface area contributed by atoms with E-state index in [2.05, 4.69) is 10.3 Å². The molecule has 0 bridgehead atoms.